The Morgan fingerprint density at radius 2 is 2.00 bits per heavy atom. The molecule has 0 aliphatic carbocycles. The van der Waals surface area contributed by atoms with Crippen molar-refractivity contribution in [2.45, 2.75) is 6.92 Å². The van der Waals surface area contributed by atoms with Gasteiger partial charge in [0.25, 0.3) is 5.91 Å². The lowest BCUT2D eigenvalue weighted by molar-refractivity contribution is -0.135. The van der Waals surface area contributed by atoms with Crippen molar-refractivity contribution in [2.24, 2.45) is 0 Å². The van der Waals surface area contributed by atoms with Gasteiger partial charge in [0.15, 0.2) is 0 Å². The van der Waals surface area contributed by atoms with Gasteiger partial charge in [-0.25, -0.2) is 4.39 Å². The quantitative estimate of drug-likeness (QED) is 0.783. The van der Waals surface area contributed by atoms with Gasteiger partial charge in [-0.3, -0.25) is 19.7 Å². The highest BCUT2D eigenvalue weighted by molar-refractivity contribution is 6.07. The van der Waals surface area contributed by atoms with Crippen LogP contribution >= 0.6 is 0 Å². The zero-order chi connectivity index (χ0) is 14.7. The maximum atomic E-state index is 13.7. The van der Waals surface area contributed by atoms with Crippen LogP contribution in [0.25, 0.3) is 0 Å². The number of imide groups is 1. The Morgan fingerprint density at radius 1 is 1.35 bits per heavy atom. The van der Waals surface area contributed by atoms with E-state index in [1.807, 2.05) is 0 Å². The summed E-state index contributed by atoms with van der Waals surface area (Å²) in [5, 5.41) is 4.88. The summed E-state index contributed by atoms with van der Waals surface area (Å²) in [6.45, 7) is 1.79. The molecular formula is C13H14FN3O3. The minimum Gasteiger partial charge on any atom is -0.382 e. The molecule has 7 heteroatoms. The molecule has 0 spiro atoms. The van der Waals surface area contributed by atoms with Crippen LogP contribution in [0.3, 0.4) is 0 Å². The number of piperazine rings is 1. The Balaban J connectivity index is 2.31. The van der Waals surface area contributed by atoms with E-state index in [-0.39, 0.29) is 24.3 Å². The molecule has 1 aromatic rings. The summed E-state index contributed by atoms with van der Waals surface area (Å²) >= 11 is 0. The minimum absolute atomic E-state index is 0.0819. The van der Waals surface area contributed by atoms with Gasteiger partial charge < -0.3 is 10.2 Å². The van der Waals surface area contributed by atoms with Gasteiger partial charge >= 0.3 is 0 Å². The monoisotopic (exact) mass is 279 g/mol. The van der Waals surface area contributed by atoms with Crippen molar-refractivity contribution in [3.8, 4) is 0 Å². The second kappa shape index (κ2) is 5.68. The number of halogens is 1. The van der Waals surface area contributed by atoms with Crippen molar-refractivity contribution < 1.29 is 18.8 Å². The Morgan fingerprint density at radius 3 is 2.60 bits per heavy atom. The molecule has 0 radical (unpaired) electrons. The largest absolute Gasteiger partial charge is 0.382 e. The predicted octanol–water partition coefficient (Wildman–Crippen LogP) is 0.356. The third-order valence-electron chi connectivity index (χ3n) is 2.83. The number of nitrogens with zero attached hydrogens (tertiary/aromatic N) is 1. The smallest absolute Gasteiger partial charge is 0.257 e. The fraction of sp³-hybridized carbons (Fsp3) is 0.308. The zero-order valence-electron chi connectivity index (χ0n) is 10.9. The molecule has 6 nitrogen and oxygen atoms in total. The first-order valence-corrected chi connectivity index (χ1v) is 6.17. The first kappa shape index (κ1) is 14.0. The van der Waals surface area contributed by atoms with E-state index in [0.29, 0.717) is 6.54 Å². The number of carbonyl (C=O) groups is 3. The predicted molar refractivity (Wildman–Crippen MR) is 69.6 cm³/mol. The molecule has 1 aliphatic heterocycles. The lowest BCUT2D eigenvalue weighted by Gasteiger charge is -2.26. The van der Waals surface area contributed by atoms with Gasteiger partial charge in [-0.15, -0.1) is 0 Å². The van der Waals surface area contributed by atoms with E-state index in [4.69, 9.17) is 0 Å². The minimum atomic E-state index is -0.552. The van der Waals surface area contributed by atoms with Crippen LogP contribution in [0.1, 0.15) is 17.3 Å². The average molecular weight is 279 g/mol. The van der Waals surface area contributed by atoms with Crippen molar-refractivity contribution in [3.63, 3.8) is 0 Å². The number of rotatable bonds is 3. The highest BCUT2D eigenvalue weighted by atomic mass is 19.1. The standard InChI is InChI=1S/C13H14FN3O3/c1-2-15-12-8(4-3-5-9(12)14)13(20)17-6-10(18)16-11(19)7-17/h3-5,15H,2,6-7H2,1H3,(H,16,18,19). The molecule has 2 N–H and O–H groups in total. The molecular weight excluding hydrogens is 265 g/mol. The van der Waals surface area contributed by atoms with Gasteiger partial charge in [-0.1, -0.05) is 6.07 Å². The van der Waals surface area contributed by atoms with E-state index in [2.05, 4.69) is 10.6 Å². The maximum Gasteiger partial charge on any atom is 0.257 e. The molecule has 0 saturated carbocycles. The summed E-state index contributed by atoms with van der Waals surface area (Å²) in [6, 6.07) is 4.11. The SMILES string of the molecule is CCNc1c(F)cccc1C(=O)N1CC(=O)NC(=O)C1. The number of nitrogens with one attached hydrogen (secondary N) is 2. The summed E-state index contributed by atoms with van der Waals surface area (Å²) in [7, 11) is 0. The third-order valence-corrected chi connectivity index (χ3v) is 2.83. The molecule has 20 heavy (non-hydrogen) atoms. The van der Waals surface area contributed by atoms with Crippen molar-refractivity contribution in [1.29, 1.82) is 0 Å². The number of para-hydroxylation sites is 1. The van der Waals surface area contributed by atoms with E-state index in [9.17, 15) is 18.8 Å². The van der Waals surface area contributed by atoms with Crippen molar-refractivity contribution in [2.75, 3.05) is 25.0 Å². The summed E-state index contributed by atoms with van der Waals surface area (Å²) in [5.41, 5.74) is 0.188. The van der Waals surface area contributed by atoms with Gasteiger partial charge in [0, 0.05) is 6.54 Å². The molecule has 1 aromatic carbocycles. The molecule has 0 atom stereocenters. The van der Waals surface area contributed by atoms with E-state index >= 15 is 0 Å². The fourth-order valence-corrected chi connectivity index (χ4v) is 2.01. The molecule has 0 unspecified atom stereocenters. The van der Waals surface area contributed by atoms with Crippen LogP contribution in [0.4, 0.5) is 10.1 Å². The average Bonchev–Trinajstić information content (AvgIpc) is 2.39. The van der Waals surface area contributed by atoms with Crippen molar-refractivity contribution >= 4 is 23.4 Å². The van der Waals surface area contributed by atoms with Gasteiger partial charge in [0.1, 0.15) is 18.9 Å². The van der Waals surface area contributed by atoms with Crippen molar-refractivity contribution in [3.05, 3.63) is 29.6 Å². The molecule has 3 amide bonds. The number of amides is 3. The van der Waals surface area contributed by atoms with Crippen LogP contribution in [-0.2, 0) is 9.59 Å². The second-order valence-corrected chi connectivity index (χ2v) is 4.33. The number of hydrogen-bond acceptors (Lipinski definition) is 4. The van der Waals surface area contributed by atoms with Crippen LogP contribution in [0, 0.1) is 5.82 Å². The van der Waals surface area contributed by atoms with Crippen LogP contribution in [0.2, 0.25) is 0 Å². The van der Waals surface area contributed by atoms with E-state index < -0.39 is 23.5 Å². The lowest BCUT2D eigenvalue weighted by Crippen LogP contribution is -2.53. The number of hydrogen-bond donors (Lipinski definition) is 2. The first-order chi connectivity index (χ1) is 9.52. The van der Waals surface area contributed by atoms with Gasteiger partial charge in [0.05, 0.1) is 11.3 Å². The number of benzene rings is 1. The lowest BCUT2D eigenvalue weighted by atomic mass is 10.1. The normalized spacial score (nSPS) is 15.0. The second-order valence-electron chi connectivity index (χ2n) is 4.33. The molecule has 0 aromatic heterocycles. The molecule has 1 fully saturated rings. The molecule has 0 bridgehead atoms. The summed E-state index contributed by atoms with van der Waals surface area (Å²) in [6.07, 6.45) is 0. The van der Waals surface area contributed by atoms with Gasteiger partial charge in [0.2, 0.25) is 11.8 Å². The summed E-state index contributed by atoms with van der Waals surface area (Å²) in [4.78, 5) is 36.0. The van der Waals surface area contributed by atoms with Crippen LogP contribution in [0.15, 0.2) is 18.2 Å². The first-order valence-electron chi connectivity index (χ1n) is 6.17. The zero-order valence-corrected chi connectivity index (χ0v) is 10.9. The van der Waals surface area contributed by atoms with Crippen LogP contribution in [0.5, 0.6) is 0 Å². The van der Waals surface area contributed by atoms with E-state index in [1.54, 1.807) is 6.92 Å². The molecule has 1 aliphatic rings. The molecule has 2 rings (SSSR count). The van der Waals surface area contributed by atoms with E-state index in [0.717, 1.165) is 4.90 Å². The number of anilines is 1. The molecule has 1 saturated heterocycles. The van der Waals surface area contributed by atoms with Crippen molar-refractivity contribution in [1.82, 2.24) is 10.2 Å². The summed E-state index contributed by atoms with van der Waals surface area (Å²) < 4.78 is 13.7. The summed E-state index contributed by atoms with van der Waals surface area (Å²) in [5.74, 6) is -2.19. The number of carbonyl (C=O) groups excluding carboxylic acids is 3. The van der Waals surface area contributed by atoms with Crippen LogP contribution < -0.4 is 10.6 Å². The topological polar surface area (TPSA) is 78.5 Å². The van der Waals surface area contributed by atoms with Crippen LogP contribution in [-0.4, -0.2) is 42.3 Å². The van der Waals surface area contributed by atoms with Gasteiger partial charge in [-0.2, -0.15) is 0 Å². The highest BCUT2D eigenvalue weighted by Gasteiger charge is 2.28. The van der Waals surface area contributed by atoms with Gasteiger partial charge in [-0.05, 0) is 19.1 Å². The maximum absolute atomic E-state index is 13.7. The Hall–Kier alpha value is -2.44. The van der Waals surface area contributed by atoms with E-state index in [1.165, 1.54) is 18.2 Å². The highest BCUT2D eigenvalue weighted by Crippen LogP contribution is 2.21. The molecule has 106 valence electrons. The third kappa shape index (κ3) is 2.76. The Bertz CT molecular complexity index is 558. The Kier molecular flexibility index (Phi) is 3.97. The Labute approximate surface area is 114 Å². The molecule has 1 heterocycles. The fourth-order valence-electron chi connectivity index (χ4n) is 2.01.